The van der Waals surface area contributed by atoms with E-state index in [0.29, 0.717) is 0 Å². The number of halogens is 1. The number of hydrogen-bond donors (Lipinski definition) is 1. The van der Waals surface area contributed by atoms with Gasteiger partial charge in [-0.3, -0.25) is 14.7 Å². The first kappa shape index (κ1) is 75.1. The molecule has 0 aliphatic rings. The van der Waals surface area contributed by atoms with Crippen molar-refractivity contribution < 1.29 is 0 Å². The van der Waals surface area contributed by atoms with E-state index in [1.54, 1.807) is 0 Å². The highest BCUT2D eigenvalue weighted by atomic mass is 79.9. The highest BCUT2D eigenvalue weighted by Crippen LogP contribution is 2.33. The second kappa shape index (κ2) is 56.9. The molecule has 9 heteroatoms. The molecule has 4 aromatic carbocycles. The van der Waals surface area contributed by atoms with Gasteiger partial charge in [0.05, 0.1) is 5.45 Å². The molecule has 0 fully saturated rings. The molecule has 66 heavy (non-hydrogen) atoms. The lowest BCUT2D eigenvalue weighted by Gasteiger charge is -2.18. The topological polar surface area (TPSA) is 28.2 Å². The first-order chi connectivity index (χ1) is 31.7. The van der Waals surface area contributed by atoms with Crippen molar-refractivity contribution in [2.75, 3.05) is 109 Å². The second-order valence-corrected chi connectivity index (χ2v) is 17.3. The Balaban J connectivity index is -0.000000159. The fourth-order valence-electron chi connectivity index (χ4n) is 4.29. The Labute approximate surface area is 428 Å². The van der Waals surface area contributed by atoms with Crippen molar-refractivity contribution in [1.82, 2.24) is 29.8 Å². The van der Waals surface area contributed by atoms with Crippen molar-refractivity contribution >= 4 is 78.9 Å². The zero-order valence-corrected chi connectivity index (χ0v) is 50.8. The normalized spacial score (nSPS) is 9.36. The molecule has 0 saturated heterocycles. The molecule has 0 aliphatic heterocycles. The molecule has 1 N–H and O–H groups in total. The van der Waals surface area contributed by atoms with Crippen LogP contribution in [0.1, 0.15) is 116 Å². The van der Waals surface area contributed by atoms with Gasteiger partial charge in [0.1, 0.15) is 0 Å². The molecule has 0 atom stereocenters. The molecule has 0 saturated carbocycles. The summed E-state index contributed by atoms with van der Waals surface area (Å²) in [5.74, 6) is 0. The molecule has 0 spiro atoms. The van der Waals surface area contributed by atoms with Crippen LogP contribution < -0.4 is 5.32 Å². The second-order valence-electron chi connectivity index (χ2n) is 14.6. The predicted molar refractivity (Wildman–Crippen MR) is 322 cm³/mol. The van der Waals surface area contributed by atoms with Gasteiger partial charge in [0, 0.05) is 47.0 Å². The van der Waals surface area contributed by atoms with Crippen molar-refractivity contribution in [2.24, 2.45) is 0 Å². The van der Waals surface area contributed by atoms with Crippen LogP contribution in [-0.4, -0.2) is 133 Å². The molecule has 384 valence electrons. The molecule has 2 aromatic heterocycles. The van der Waals surface area contributed by atoms with Crippen molar-refractivity contribution in [3.8, 4) is 0 Å². The Morgan fingerprint density at radius 2 is 0.636 bits per heavy atom. The van der Waals surface area contributed by atoms with Crippen LogP contribution in [0.25, 0.3) is 40.3 Å². The summed E-state index contributed by atoms with van der Waals surface area (Å²) in [4.78, 5) is 10.7. The lowest BCUT2D eigenvalue weighted by Crippen LogP contribution is -2.29. The number of thiophene rings is 2. The van der Waals surface area contributed by atoms with E-state index in [9.17, 15) is 0 Å². The minimum Gasteiger partial charge on any atom is -0.320 e. The van der Waals surface area contributed by atoms with E-state index in [1.165, 1.54) is 59.6 Å². The Bertz CT molecular complexity index is 1560. The van der Waals surface area contributed by atoms with E-state index in [0.717, 1.165) is 38.3 Å². The third kappa shape index (κ3) is 42.9. The average molecular weight is 1020 g/mol. The zero-order valence-electron chi connectivity index (χ0n) is 47.5. The van der Waals surface area contributed by atoms with Crippen molar-refractivity contribution in [1.29, 1.82) is 0 Å². The van der Waals surface area contributed by atoms with E-state index in [1.807, 2.05) is 104 Å². The Hall–Kier alpha value is -2.44. The quantitative estimate of drug-likeness (QED) is 0.0882. The van der Waals surface area contributed by atoms with Crippen molar-refractivity contribution in [2.45, 2.75) is 116 Å². The van der Waals surface area contributed by atoms with Crippen LogP contribution in [0.15, 0.2) is 97.1 Å². The summed E-state index contributed by atoms with van der Waals surface area (Å²) in [6, 6.07) is 34.3. The van der Waals surface area contributed by atoms with Crippen LogP contribution in [0.3, 0.4) is 0 Å². The average Bonchev–Trinajstić information content (AvgIpc) is 3.94. The molecule has 6 aromatic rings. The largest absolute Gasteiger partial charge is 0.320 e. The van der Waals surface area contributed by atoms with E-state index in [2.05, 4.69) is 229 Å². The van der Waals surface area contributed by atoms with Gasteiger partial charge in [0.2, 0.25) is 0 Å². The van der Waals surface area contributed by atoms with Crippen molar-refractivity contribution in [3.63, 3.8) is 0 Å². The molecule has 0 radical (unpaired) electrons. The minimum absolute atomic E-state index is 0.951. The molecule has 0 aliphatic carbocycles. The summed E-state index contributed by atoms with van der Waals surface area (Å²) in [6.07, 6.45) is 4.08. The number of alkyl halides is 1. The van der Waals surface area contributed by atoms with Gasteiger partial charge < -0.3 is 15.1 Å². The summed E-state index contributed by atoms with van der Waals surface area (Å²) < 4.78 is 5.51. The number of fused-ring (bicyclic) bond motifs is 6. The molecule has 0 amide bonds. The molecule has 6 rings (SSSR count). The standard InChI is InChI=1S/2C12H8S.C6H16N2.C5H12.2C4H11N.C3H8BrN.C3H9N.4C2H6/c2*1-3-7-11-9(5-1)10-6-2-4-8-12(10)13-11;1-5-8(4)6-7(2)3;1-3-5-4-2;2*1-4-5(2)3;1-5(2)3-4;1-3-4-2;4*1-2/h2*1-8H;5-6H2,1-4H3;3-5H2,1-2H3;2*4H2,1-3H3;3H2,1-2H3;4H,3H2,1-2H3;4*1-2H3. The summed E-state index contributed by atoms with van der Waals surface area (Å²) in [5.41, 5.74) is 0.951. The maximum atomic E-state index is 3.24. The number of benzene rings is 4. The Morgan fingerprint density at radius 3 is 0.758 bits per heavy atom. The smallest absolute Gasteiger partial charge is 0.0537 e. The first-order valence-electron chi connectivity index (χ1n) is 24.9. The van der Waals surface area contributed by atoms with Crippen LogP contribution in [0.5, 0.6) is 0 Å². The molecule has 0 unspecified atom stereocenters. The number of unbranched alkanes of at least 4 members (excludes halogenated alkanes) is 2. The van der Waals surface area contributed by atoms with Crippen LogP contribution in [0.2, 0.25) is 0 Å². The molecular formula is C57H107BrN6S2. The summed E-state index contributed by atoms with van der Waals surface area (Å²) in [6.45, 7) is 34.4. The van der Waals surface area contributed by atoms with Gasteiger partial charge in [0.25, 0.3) is 0 Å². The SMILES string of the molecule is CC.CC.CC.CC.CCCCC.CCN(C)C.CCN(C)C.CCN(C)CN(C)C.CCNC.CN(C)CBr.c1ccc2c(c1)sc1ccccc12.c1ccc2c(c1)sc1ccccc12. The van der Waals surface area contributed by atoms with Gasteiger partial charge in [-0.1, -0.05) is 205 Å². The third-order valence-corrected chi connectivity index (χ3v) is 11.5. The zero-order chi connectivity index (χ0) is 52.3. The predicted octanol–water partition coefficient (Wildman–Crippen LogP) is 17.1. The lowest BCUT2D eigenvalue weighted by atomic mass is 10.2. The Morgan fingerprint density at radius 1 is 0.409 bits per heavy atom. The number of rotatable bonds is 9. The van der Waals surface area contributed by atoms with Gasteiger partial charge in [-0.2, -0.15) is 0 Å². The molecule has 0 bridgehead atoms. The lowest BCUT2D eigenvalue weighted by molar-refractivity contribution is 0.219. The van der Waals surface area contributed by atoms with Crippen LogP contribution >= 0.6 is 38.6 Å². The maximum absolute atomic E-state index is 3.24. The maximum Gasteiger partial charge on any atom is 0.0537 e. The van der Waals surface area contributed by atoms with Crippen molar-refractivity contribution in [3.05, 3.63) is 97.1 Å². The highest BCUT2D eigenvalue weighted by molar-refractivity contribution is 9.09. The summed E-state index contributed by atoms with van der Waals surface area (Å²) >= 11 is 6.96. The Kier molecular flexibility index (Phi) is 64.7. The number of nitrogens with one attached hydrogen (secondary N) is 1. The van der Waals surface area contributed by atoms with E-state index >= 15 is 0 Å². The van der Waals surface area contributed by atoms with E-state index in [4.69, 9.17) is 0 Å². The molecular weight excluding hydrogens is 913 g/mol. The molecule has 6 nitrogen and oxygen atoms in total. The fourth-order valence-corrected chi connectivity index (χ4v) is 6.50. The van der Waals surface area contributed by atoms with Crippen LogP contribution in [0, 0.1) is 0 Å². The summed E-state index contributed by atoms with van der Waals surface area (Å²) in [7, 11) is 20.4. The number of hydrogen-bond acceptors (Lipinski definition) is 8. The van der Waals surface area contributed by atoms with Gasteiger partial charge >= 0.3 is 0 Å². The fraction of sp³-hybridized carbons (Fsp3) is 0.579. The highest BCUT2D eigenvalue weighted by Gasteiger charge is 2.02. The third-order valence-electron chi connectivity index (χ3n) is 8.20. The first-order valence-corrected chi connectivity index (χ1v) is 27.7. The van der Waals surface area contributed by atoms with E-state index in [-0.39, 0.29) is 0 Å². The van der Waals surface area contributed by atoms with Gasteiger partial charge in [-0.15, -0.1) is 22.7 Å². The van der Waals surface area contributed by atoms with Gasteiger partial charge in [-0.05, 0) is 121 Å². The number of nitrogens with zero attached hydrogens (tertiary/aromatic N) is 5. The van der Waals surface area contributed by atoms with Gasteiger partial charge in [0.15, 0.2) is 0 Å². The summed E-state index contributed by atoms with van der Waals surface area (Å²) in [5, 5.41) is 8.44. The minimum atomic E-state index is 0.951. The monoisotopic (exact) mass is 1020 g/mol. The van der Waals surface area contributed by atoms with Crippen LogP contribution in [0.4, 0.5) is 0 Å². The molecule has 2 heterocycles. The van der Waals surface area contributed by atoms with E-state index < -0.39 is 0 Å². The van der Waals surface area contributed by atoms with Crippen LogP contribution in [-0.2, 0) is 0 Å². The van der Waals surface area contributed by atoms with Gasteiger partial charge in [-0.25, -0.2) is 0 Å².